The van der Waals surface area contributed by atoms with Crippen LogP contribution in [0, 0.1) is 0 Å². The fourth-order valence-corrected chi connectivity index (χ4v) is 10.3. The van der Waals surface area contributed by atoms with Crippen LogP contribution in [0.15, 0.2) is 110 Å². The Morgan fingerprint density at radius 1 is 0.908 bits per heavy atom. The Kier molecular flexibility index (Phi) is 12.6. The van der Waals surface area contributed by atoms with Gasteiger partial charge in [0.25, 0.3) is 5.91 Å². The fourth-order valence-electron chi connectivity index (χ4n) is 10.3. The Morgan fingerprint density at radius 2 is 1.63 bits per heavy atom. The summed E-state index contributed by atoms with van der Waals surface area (Å²) < 4.78 is 1.90. The number of piperidine rings is 1. The molecule has 0 radical (unpaired) electrons. The maximum Gasteiger partial charge on any atom is 0.257 e. The summed E-state index contributed by atoms with van der Waals surface area (Å²) in [6.07, 6.45) is 7.20. The predicted octanol–water partition coefficient (Wildman–Crippen LogP) is 6.58. The van der Waals surface area contributed by atoms with Gasteiger partial charge in [-0.2, -0.15) is 0 Å². The summed E-state index contributed by atoms with van der Waals surface area (Å²) in [5.41, 5.74) is 4.47. The molecule has 3 N–H and O–H groups in total. The topological polar surface area (TPSA) is 147 Å². The quantitative estimate of drug-likeness (QED) is 0.112. The summed E-state index contributed by atoms with van der Waals surface area (Å²) in [5.74, 6) is -0.120. The molecule has 3 aromatic carbocycles. The standard InChI is InChI=1S/C51H61N9O5/c1-8-25-58-33-46(63)59-42(26-35-17-21-39(61)22-18-35)49(65)57(32-44(59)60(58)45(62)24-19-34-13-10-9-11-14-34)30-36-15-12-16-40-41(31-55(6)47(36)40)48(64)54-37-20-23-43(52-29-37)53-38-27-50(2,3)56(7)51(4,5)28-38/h8-18,20-23,29,31,38,42,44,61H,1,19,24-28,30,32-33H2,2-7H3,(H,52,53)(H,54,64). The number of fused-ring (bicyclic) bond motifs is 2. The number of carbonyl (C=O) groups is 4. The minimum Gasteiger partial charge on any atom is -0.508 e. The number of amides is 4. The largest absolute Gasteiger partial charge is 0.508 e. The van der Waals surface area contributed by atoms with Gasteiger partial charge in [-0.15, -0.1) is 6.58 Å². The van der Waals surface area contributed by atoms with Crippen LogP contribution >= 0.6 is 0 Å². The Balaban J connectivity index is 1.05. The third kappa shape index (κ3) is 9.36. The highest BCUT2D eigenvalue weighted by atomic mass is 16.3. The second kappa shape index (κ2) is 18.2. The highest BCUT2D eigenvalue weighted by molar-refractivity contribution is 6.13. The number of piperazine rings is 1. The van der Waals surface area contributed by atoms with Crippen LogP contribution in [0.5, 0.6) is 5.75 Å². The Labute approximate surface area is 381 Å². The van der Waals surface area contributed by atoms with Gasteiger partial charge >= 0.3 is 0 Å². The third-order valence-corrected chi connectivity index (χ3v) is 13.6. The average Bonchev–Trinajstić information content (AvgIpc) is 3.62. The molecule has 3 aliphatic rings. The number of rotatable bonds is 13. The van der Waals surface area contributed by atoms with Crippen molar-refractivity contribution in [3.05, 3.63) is 132 Å². The van der Waals surface area contributed by atoms with Crippen LogP contribution in [-0.2, 0) is 40.8 Å². The van der Waals surface area contributed by atoms with Crippen molar-refractivity contribution in [3.63, 3.8) is 0 Å². The molecule has 5 heterocycles. The zero-order valence-corrected chi connectivity index (χ0v) is 38.3. The number of nitrogens with zero attached hydrogens (tertiary/aromatic N) is 7. The van der Waals surface area contributed by atoms with Gasteiger partial charge in [-0.3, -0.25) is 24.1 Å². The zero-order chi connectivity index (χ0) is 46.2. The molecular formula is C51H61N9O5. The van der Waals surface area contributed by atoms with Crippen LogP contribution in [0.1, 0.15) is 74.0 Å². The van der Waals surface area contributed by atoms with Crippen LogP contribution in [0.4, 0.5) is 11.5 Å². The molecule has 0 spiro atoms. The summed E-state index contributed by atoms with van der Waals surface area (Å²) >= 11 is 0. The van der Waals surface area contributed by atoms with Gasteiger partial charge < -0.3 is 30.1 Å². The number of carbonyl (C=O) groups excluding carboxylic acids is 4. The SMILES string of the molecule is C=CCN1CC(=O)N2C(Cc3ccc(O)cc3)C(=O)N(Cc3cccc4c(C(=O)Nc5ccc(NC6CC(C)(C)N(C)C(C)(C)C6)nc5)cn(C)c34)CC2N1C(=O)CCc1ccccc1. The summed E-state index contributed by atoms with van der Waals surface area (Å²) in [4.78, 5) is 67.7. The lowest BCUT2D eigenvalue weighted by atomic mass is 9.77. The van der Waals surface area contributed by atoms with Crippen molar-refractivity contribution < 1.29 is 24.3 Å². The van der Waals surface area contributed by atoms with E-state index < -0.39 is 12.2 Å². The Morgan fingerprint density at radius 3 is 2.31 bits per heavy atom. The first-order chi connectivity index (χ1) is 31.0. The number of aromatic hydroxyl groups is 1. The molecule has 4 amide bonds. The number of hydrogen-bond acceptors (Lipinski definition) is 9. The lowest BCUT2D eigenvalue weighted by molar-refractivity contribution is -0.205. The van der Waals surface area contributed by atoms with Crippen LogP contribution in [0.2, 0.25) is 0 Å². The third-order valence-electron chi connectivity index (χ3n) is 13.6. The molecule has 14 nitrogen and oxygen atoms in total. The van der Waals surface area contributed by atoms with Gasteiger partial charge in [0.2, 0.25) is 17.7 Å². The second-order valence-corrected chi connectivity index (χ2v) is 19.0. The maximum absolute atomic E-state index is 14.8. The molecule has 0 saturated carbocycles. The normalized spacial score (nSPS) is 20.2. The van der Waals surface area contributed by atoms with Gasteiger partial charge in [-0.05, 0) is 95.0 Å². The number of aromatic nitrogens is 2. The number of anilines is 2. The van der Waals surface area contributed by atoms with Gasteiger partial charge in [0.05, 0.1) is 36.1 Å². The van der Waals surface area contributed by atoms with Crippen molar-refractivity contribution in [2.45, 2.75) is 95.7 Å². The van der Waals surface area contributed by atoms with Crippen molar-refractivity contribution in [1.29, 1.82) is 0 Å². The average molecular weight is 880 g/mol. The molecule has 2 aromatic heterocycles. The maximum atomic E-state index is 14.8. The molecule has 14 heteroatoms. The van der Waals surface area contributed by atoms with Crippen molar-refractivity contribution in [2.75, 3.05) is 37.3 Å². The summed E-state index contributed by atoms with van der Waals surface area (Å²) in [7, 11) is 4.07. The van der Waals surface area contributed by atoms with Crippen molar-refractivity contribution >= 4 is 46.0 Å². The fraction of sp³-hybridized carbons (Fsp3) is 0.392. The van der Waals surface area contributed by atoms with E-state index in [0.29, 0.717) is 17.7 Å². The number of para-hydroxylation sites is 1. The van der Waals surface area contributed by atoms with Crippen LogP contribution in [-0.4, -0.2) is 119 Å². The van der Waals surface area contributed by atoms with E-state index >= 15 is 0 Å². The van der Waals surface area contributed by atoms with Crippen molar-refractivity contribution in [2.24, 2.45) is 7.05 Å². The second-order valence-electron chi connectivity index (χ2n) is 19.0. The number of aryl methyl sites for hydroxylation is 2. The number of nitrogens with one attached hydrogen (secondary N) is 2. The van der Waals surface area contributed by atoms with E-state index in [0.717, 1.165) is 46.3 Å². The molecule has 0 bridgehead atoms. The monoisotopic (exact) mass is 879 g/mol. The smallest absolute Gasteiger partial charge is 0.257 e. The first-order valence-corrected chi connectivity index (χ1v) is 22.5. The van der Waals surface area contributed by atoms with Gasteiger partial charge in [0, 0.05) is 61.7 Å². The van der Waals surface area contributed by atoms with E-state index in [1.807, 2.05) is 72.3 Å². The van der Waals surface area contributed by atoms with Crippen LogP contribution < -0.4 is 10.6 Å². The van der Waals surface area contributed by atoms with E-state index in [1.54, 1.807) is 62.6 Å². The van der Waals surface area contributed by atoms with Gasteiger partial charge in [-0.25, -0.2) is 15.0 Å². The van der Waals surface area contributed by atoms with Crippen LogP contribution in [0.25, 0.3) is 10.9 Å². The van der Waals surface area contributed by atoms with Gasteiger partial charge in [0.1, 0.15) is 23.8 Å². The van der Waals surface area contributed by atoms with E-state index in [9.17, 15) is 24.3 Å². The molecule has 8 rings (SSSR count). The van der Waals surface area contributed by atoms with E-state index in [-0.39, 0.29) is 85.5 Å². The van der Waals surface area contributed by atoms with E-state index in [1.165, 1.54) is 0 Å². The minimum atomic E-state index is -0.923. The predicted molar refractivity (Wildman–Crippen MR) is 253 cm³/mol. The highest BCUT2D eigenvalue weighted by Crippen LogP contribution is 2.38. The lowest BCUT2D eigenvalue weighted by Crippen LogP contribution is -2.75. The number of hydrazine groups is 1. The number of benzene rings is 3. The summed E-state index contributed by atoms with van der Waals surface area (Å²) in [6, 6.07) is 25.2. The number of phenolic OH excluding ortho intramolecular Hbond substituents is 1. The minimum absolute atomic E-state index is 0.0285. The van der Waals surface area contributed by atoms with Gasteiger partial charge in [-0.1, -0.05) is 66.7 Å². The van der Waals surface area contributed by atoms with Gasteiger partial charge in [0.15, 0.2) is 0 Å². The van der Waals surface area contributed by atoms with E-state index in [2.05, 4.69) is 61.8 Å². The molecular weight excluding hydrogens is 819 g/mol. The summed E-state index contributed by atoms with van der Waals surface area (Å²) in [6.45, 7) is 13.4. The van der Waals surface area contributed by atoms with Crippen molar-refractivity contribution in [3.8, 4) is 5.75 Å². The number of phenols is 1. The molecule has 3 saturated heterocycles. The Hall–Kier alpha value is -6.51. The molecule has 0 aliphatic carbocycles. The molecule has 340 valence electrons. The molecule has 3 fully saturated rings. The number of hydrogen-bond donors (Lipinski definition) is 3. The first-order valence-electron chi connectivity index (χ1n) is 22.5. The molecule has 2 atom stereocenters. The van der Waals surface area contributed by atoms with E-state index in [4.69, 9.17) is 0 Å². The van der Waals surface area contributed by atoms with Crippen LogP contribution in [0.3, 0.4) is 0 Å². The molecule has 2 unspecified atom stereocenters. The Bertz CT molecular complexity index is 2550. The molecule has 3 aliphatic heterocycles. The number of likely N-dealkylation sites (tertiary alicyclic amines) is 1. The highest BCUT2D eigenvalue weighted by Gasteiger charge is 2.51. The summed E-state index contributed by atoms with van der Waals surface area (Å²) in [5, 5.41) is 20.8. The first kappa shape index (κ1) is 45.1. The molecule has 5 aromatic rings. The zero-order valence-electron chi connectivity index (χ0n) is 38.3. The number of pyridine rings is 1. The van der Waals surface area contributed by atoms with Crippen molar-refractivity contribution in [1.82, 2.24) is 34.3 Å². The lowest BCUT2D eigenvalue weighted by Gasteiger charge is -2.55. The molecule has 65 heavy (non-hydrogen) atoms.